The molecule has 3 heterocycles. The molecule has 30 heavy (non-hydrogen) atoms. The molecule has 2 aliphatic rings. The Morgan fingerprint density at radius 2 is 1.77 bits per heavy atom. The van der Waals surface area contributed by atoms with Crippen molar-refractivity contribution in [3.63, 3.8) is 0 Å². The zero-order chi connectivity index (χ0) is 21.7. The van der Waals surface area contributed by atoms with E-state index < -0.39 is 0 Å². The molecule has 5 rings (SSSR count). The van der Waals surface area contributed by atoms with Crippen LogP contribution in [0.15, 0.2) is 36.5 Å². The summed E-state index contributed by atoms with van der Waals surface area (Å²) in [5, 5.41) is 5.08. The third kappa shape index (κ3) is 3.98. The Kier molecular flexibility index (Phi) is 7.24. The summed E-state index contributed by atoms with van der Waals surface area (Å²) < 4.78 is 24.2. The molecule has 0 atom stereocenters. The smallest absolute Gasteiger partial charge is 0.231 e. The molecule has 7 heteroatoms. The molecular formula is C23H28ClN2O4+. The Hall–Kier alpha value is -2.70. The molecule has 0 radical (unpaired) electrons. The summed E-state index contributed by atoms with van der Waals surface area (Å²) in [7, 11) is 5.25. The number of methoxy groups -OCH3 is 2. The summed E-state index contributed by atoms with van der Waals surface area (Å²) >= 11 is 4.64. The summed E-state index contributed by atoms with van der Waals surface area (Å²) in [4.78, 5) is 0. The third-order valence-electron chi connectivity index (χ3n) is 5.07. The molecule has 2 aromatic carbocycles. The molecule has 0 unspecified atom stereocenters. The van der Waals surface area contributed by atoms with E-state index in [0.717, 1.165) is 46.9 Å². The number of hydrogen-bond acceptors (Lipinski definition) is 5. The van der Waals surface area contributed by atoms with Crippen LogP contribution >= 0.6 is 11.6 Å². The van der Waals surface area contributed by atoms with Gasteiger partial charge in [-0.15, -0.1) is 11.6 Å². The predicted molar refractivity (Wildman–Crippen MR) is 119 cm³/mol. The van der Waals surface area contributed by atoms with Crippen LogP contribution < -0.4 is 28.8 Å². The van der Waals surface area contributed by atoms with Crippen molar-refractivity contribution in [2.45, 2.75) is 13.5 Å². The van der Waals surface area contributed by atoms with Gasteiger partial charge < -0.3 is 24.3 Å². The van der Waals surface area contributed by atoms with E-state index in [4.69, 9.17) is 18.9 Å². The lowest BCUT2D eigenvalue weighted by Gasteiger charge is -2.10. The van der Waals surface area contributed by atoms with Gasteiger partial charge in [0.1, 0.15) is 0 Å². The summed E-state index contributed by atoms with van der Waals surface area (Å²) in [6, 6.07) is 10.3. The highest BCUT2D eigenvalue weighted by Gasteiger charge is 2.31. The number of hydrogen-bond donors (Lipinski definition) is 1. The van der Waals surface area contributed by atoms with Gasteiger partial charge in [-0.05, 0) is 43.2 Å². The zero-order valence-corrected chi connectivity index (χ0v) is 18.8. The Labute approximate surface area is 182 Å². The minimum atomic E-state index is 0.299. The summed E-state index contributed by atoms with van der Waals surface area (Å²) in [5.41, 5.74) is 3.60. The highest BCUT2D eigenvalue weighted by molar-refractivity contribution is 6.15. The topological polar surface area (TPSA) is 52.8 Å². The number of benzene rings is 2. The van der Waals surface area contributed by atoms with E-state index in [9.17, 15) is 0 Å². The minimum Gasteiger partial charge on any atom is -0.493 e. The molecule has 6 nitrogen and oxygen atoms in total. The van der Waals surface area contributed by atoms with E-state index in [-0.39, 0.29) is 0 Å². The monoisotopic (exact) mass is 431 g/mol. The molecule has 0 saturated heterocycles. The molecule has 160 valence electrons. The van der Waals surface area contributed by atoms with Crippen molar-refractivity contribution in [3.05, 3.63) is 42.1 Å². The maximum absolute atomic E-state index is 5.57. The fourth-order valence-corrected chi connectivity index (χ4v) is 3.58. The van der Waals surface area contributed by atoms with E-state index in [1.54, 1.807) is 14.2 Å². The number of halogens is 1. The Morgan fingerprint density at radius 1 is 1.07 bits per heavy atom. The Bertz CT molecular complexity index is 1040. The lowest BCUT2D eigenvalue weighted by Crippen LogP contribution is -2.31. The Morgan fingerprint density at radius 3 is 2.40 bits per heavy atom. The van der Waals surface area contributed by atoms with Crippen molar-refractivity contribution < 1.29 is 23.5 Å². The van der Waals surface area contributed by atoms with Crippen molar-refractivity contribution in [1.82, 2.24) is 5.32 Å². The van der Waals surface area contributed by atoms with E-state index in [1.807, 2.05) is 13.1 Å². The number of ether oxygens (including phenoxy) is 4. The van der Waals surface area contributed by atoms with Gasteiger partial charge >= 0.3 is 0 Å². The molecule has 0 bridgehead atoms. The average Bonchev–Trinajstić information content (AvgIpc) is 3.39. The van der Waals surface area contributed by atoms with Gasteiger partial charge in [0, 0.05) is 18.0 Å². The molecule has 0 saturated carbocycles. The second-order valence-corrected chi connectivity index (χ2v) is 6.66. The first-order chi connectivity index (χ1) is 14.7. The second-order valence-electron chi connectivity index (χ2n) is 6.66. The number of pyridine rings is 1. The van der Waals surface area contributed by atoms with Crippen LogP contribution in [0.4, 0.5) is 0 Å². The molecule has 0 fully saturated rings. The lowest BCUT2D eigenvalue weighted by molar-refractivity contribution is -0.670. The maximum atomic E-state index is 5.57. The number of nitrogens with zero attached hydrogens (tertiary/aromatic N) is 1. The van der Waals surface area contributed by atoms with Gasteiger partial charge in [0.2, 0.25) is 12.5 Å². The van der Waals surface area contributed by atoms with Crippen molar-refractivity contribution in [2.24, 2.45) is 0 Å². The van der Waals surface area contributed by atoms with Crippen molar-refractivity contribution in [1.29, 1.82) is 0 Å². The largest absolute Gasteiger partial charge is 0.493 e. The SMILES string of the molecule is CCNC.CCl.COc1ccc2cc3[n+](cc2c1OC)Cc1cc2c(cc1-3)OCO2. The highest BCUT2D eigenvalue weighted by atomic mass is 35.5. The first kappa shape index (κ1) is 22.0. The molecule has 1 N–H and O–H groups in total. The molecular weight excluding hydrogens is 404 g/mol. The molecule has 3 aromatic rings. The van der Waals surface area contributed by atoms with Gasteiger partial charge in [0.05, 0.1) is 25.2 Å². The van der Waals surface area contributed by atoms with Crippen LogP contribution in [0.3, 0.4) is 0 Å². The van der Waals surface area contributed by atoms with Gasteiger partial charge in [-0.3, -0.25) is 0 Å². The van der Waals surface area contributed by atoms with Crippen molar-refractivity contribution >= 4 is 22.4 Å². The number of rotatable bonds is 3. The van der Waals surface area contributed by atoms with Crippen LogP contribution in [-0.2, 0) is 6.54 Å². The van der Waals surface area contributed by atoms with Crippen molar-refractivity contribution in [2.75, 3.05) is 41.0 Å². The summed E-state index contributed by atoms with van der Waals surface area (Å²) in [6.45, 7) is 4.24. The van der Waals surface area contributed by atoms with Crippen LogP contribution in [0.5, 0.6) is 23.0 Å². The fourth-order valence-electron chi connectivity index (χ4n) is 3.58. The van der Waals surface area contributed by atoms with E-state index in [0.29, 0.717) is 6.79 Å². The normalized spacial score (nSPS) is 12.2. The molecule has 0 aliphatic carbocycles. The van der Waals surface area contributed by atoms with Gasteiger partial charge in [-0.1, -0.05) is 6.92 Å². The van der Waals surface area contributed by atoms with Gasteiger partial charge in [-0.2, -0.15) is 4.57 Å². The Balaban J connectivity index is 0.000000385. The van der Waals surface area contributed by atoms with Crippen LogP contribution in [0.1, 0.15) is 12.5 Å². The number of aromatic nitrogens is 1. The molecule has 0 amide bonds. The minimum absolute atomic E-state index is 0.299. The third-order valence-corrected chi connectivity index (χ3v) is 5.07. The number of alkyl halides is 1. The number of nitrogens with one attached hydrogen (secondary N) is 1. The lowest BCUT2D eigenvalue weighted by atomic mass is 10.0. The fraction of sp³-hybridized carbons (Fsp3) is 0.348. The van der Waals surface area contributed by atoms with E-state index in [2.05, 4.69) is 58.9 Å². The maximum Gasteiger partial charge on any atom is 0.231 e. The molecule has 1 aromatic heterocycles. The molecule has 2 aliphatic heterocycles. The zero-order valence-electron chi connectivity index (χ0n) is 18.0. The number of fused-ring (bicyclic) bond motifs is 5. The van der Waals surface area contributed by atoms with E-state index in [1.165, 1.54) is 23.2 Å². The van der Waals surface area contributed by atoms with E-state index >= 15 is 0 Å². The predicted octanol–water partition coefficient (Wildman–Crippen LogP) is 3.98. The van der Waals surface area contributed by atoms with Gasteiger partial charge in [0.15, 0.2) is 35.7 Å². The molecule has 0 spiro atoms. The highest BCUT2D eigenvalue weighted by Crippen LogP contribution is 2.42. The standard InChI is InChI=1S/C19H16NO4.C3H9N.CH3Cl/c1-21-16-4-3-11-5-15-13-7-18-17(23-10-24-18)6-12(13)8-20(15)9-14(11)19(16)22-2;1-3-4-2;1-2/h3-7,9H,8,10H2,1-2H3;4H,3H2,1-2H3;1H3/q+1;;. The van der Waals surface area contributed by atoms with Crippen LogP contribution in [0.25, 0.3) is 22.0 Å². The average molecular weight is 432 g/mol. The quantitative estimate of drug-likeness (QED) is 0.393. The van der Waals surface area contributed by atoms with Crippen molar-refractivity contribution in [3.8, 4) is 34.3 Å². The van der Waals surface area contributed by atoms with Crippen LogP contribution in [-0.4, -0.2) is 41.0 Å². The van der Waals surface area contributed by atoms with Gasteiger partial charge in [-0.25, -0.2) is 0 Å². The second kappa shape index (κ2) is 9.87. The van der Waals surface area contributed by atoms with Gasteiger partial charge in [0.25, 0.3) is 0 Å². The first-order valence-electron chi connectivity index (χ1n) is 9.73. The van der Waals surface area contributed by atoms with Crippen LogP contribution in [0, 0.1) is 0 Å². The summed E-state index contributed by atoms with van der Waals surface area (Å²) in [5.74, 6) is 3.14. The summed E-state index contributed by atoms with van der Waals surface area (Å²) in [6.07, 6.45) is 3.60. The van der Waals surface area contributed by atoms with Crippen LogP contribution in [0.2, 0.25) is 0 Å². The first-order valence-corrected chi connectivity index (χ1v) is 10.5.